The first-order chi connectivity index (χ1) is 9.84. The molecule has 1 saturated carbocycles. The molecule has 3 N–H and O–H groups in total. The molecule has 0 saturated heterocycles. The molecular weight excluding hydrogens is 274 g/mol. The van der Waals surface area contributed by atoms with Gasteiger partial charge in [-0.2, -0.15) is 5.10 Å². The van der Waals surface area contributed by atoms with Gasteiger partial charge in [0.15, 0.2) is 0 Å². The lowest BCUT2D eigenvalue weighted by molar-refractivity contribution is -0.141. The highest BCUT2D eigenvalue weighted by Gasteiger charge is 2.39. The Morgan fingerprint density at radius 2 is 2.05 bits per heavy atom. The Hall–Kier alpha value is -2.18. The smallest absolute Gasteiger partial charge is 0.303 e. The minimum atomic E-state index is -0.863. The van der Waals surface area contributed by atoms with Crippen LogP contribution in [0.3, 0.4) is 0 Å². The van der Waals surface area contributed by atoms with Crippen molar-refractivity contribution in [3.05, 3.63) is 27.2 Å². The second-order valence-electron chi connectivity index (χ2n) is 5.74. The molecule has 7 heteroatoms. The molecule has 0 aromatic carbocycles. The average molecular weight is 293 g/mol. The molecule has 2 rings (SSSR count). The van der Waals surface area contributed by atoms with Gasteiger partial charge in [-0.15, -0.1) is 0 Å². The fourth-order valence-corrected chi connectivity index (χ4v) is 2.67. The van der Waals surface area contributed by atoms with Crippen LogP contribution in [0.15, 0.2) is 4.79 Å². The van der Waals surface area contributed by atoms with Gasteiger partial charge in [-0.05, 0) is 37.7 Å². The van der Waals surface area contributed by atoms with Crippen molar-refractivity contribution in [3.63, 3.8) is 0 Å². The van der Waals surface area contributed by atoms with Crippen molar-refractivity contribution in [2.24, 2.45) is 5.41 Å². The Bertz CT molecular complexity index is 632. The van der Waals surface area contributed by atoms with Gasteiger partial charge in [-0.25, -0.2) is 5.10 Å². The highest BCUT2D eigenvalue weighted by molar-refractivity contribution is 5.95. The molecular formula is C14H19N3O4. The molecule has 0 spiro atoms. The normalized spacial score (nSPS) is 16.1. The van der Waals surface area contributed by atoms with Gasteiger partial charge < -0.3 is 10.4 Å². The number of carboxylic acid groups (broad SMARTS) is 1. The number of carbonyl (C=O) groups is 2. The molecule has 1 heterocycles. The summed E-state index contributed by atoms with van der Waals surface area (Å²) in [5, 5.41) is 17.7. The van der Waals surface area contributed by atoms with Gasteiger partial charge in [0.2, 0.25) is 0 Å². The predicted molar refractivity (Wildman–Crippen MR) is 75.2 cm³/mol. The Labute approximate surface area is 121 Å². The summed E-state index contributed by atoms with van der Waals surface area (Å²) in [6.07, 6.45) is 2.57. The van der Waals surface area contributed by atoms with Gasteiger partial charge in [0, 0.05) is 6.54 Å². The highest BCUT2D eigenvalue weighted by Crippen LogP contribution is 2.43. The number of aliphatic carboxylic acids is 1. The van der Waals surface area contributed by atoms with Crippen molar-refractivity contribution in [1.82, 2.24) is 15.5 Å². The van der Waals surface area contributed by atoms with Crippen LogP contribution in [0.1, 0.15) is 47.3 Å². The summed E-state index contributed by atoms with van der Waals surface area (Å²) in [5.74, 6) is -1.34. The van der Waals surface area contributed by atoms with Crippen molar-refractivity contribution in [2.75, 3.05) is 6.54 Å². The van der Waals surface area contributed by atoms with Gasteiger partial charge in [0.1, 0.15) is 5.56 Å². The number of carboxylic acids is 1. The topological polar surface area (TPSA) is 112 Å². The number of aromatic nitrogens is 2. The number of aryl methyl sites for hydroxylation is 1. The highest BCUT2D eigenvalue weighted by atomic mass is 16.4. The Morgan fingerprint density at radius 3 is 2.57 bits per heavy atom. The number of carbonyl (C=O) groups excluding carboxylic acids is 1. The predicted octanol–water partition coefficient (Wildman–Crippen LogP) is 0.762. The molecule has 1 aromatic rings. The molecule has 114 valence electrons. The van der Waals surface area contributed by atoms with E-state index in [1.807, 2.05) is 0 Å². The number of nitrogens with zero attached hydrogens (tertiary/aromatic N) is 1. The largest absolute Gasteiger partial charge is 0.481 e. The zero-order chi connectivity index (χ0) is 15.6. The Balaban J connectivity index is 2.11. The first-order valence-corrected chi connectivity index (χ1v) is 6.90. The van der Waals surface area contributed by atoms with Gasteiger partial charge in [0.05, 0.1) is 12.1 Å². The Kier molecular flexibility index (Phi) is 4.11. The lowest BCUT2D eigenvalue weighted by Gasteiger charge is -2.40. The first kappa shape index (κ1) is 15.2. The van der Waals surface area contributed by atoms with E-state index < -0.39 is 17.4 Å². The summed E-state index contributed by atoms with van der Waals surface area (Å²) < 4.78 is 0. The van der Waals surface area contributed by atoms with E-state index in [9.17, 15) is 14.4 Å². The maximum absolute atomic E-state index is 12.2. The van der Waals surface area contributed by atoms with Crippen LogP contribution in [-0.4, -0.2) is 33.7 Å². The van der Waals surface area contributed by atoms with Gasteiger partial charge in [0.25, 0.3) is 11.5 Å². The van der Waals surface area contributed by atoms with Crippen molar-refractivity contribution in [1.29, 1.82) is 0 Å². The SMILES string of the molecule is Cc1n[nH]c(=O)c(C(=O)NCC2(CC(=O)O)CCC2)c1C. The van der Waals surface area contributed by atoms with Crippen LogP contribution in [0.4, 0.5) is 0 Å². The summed E-state index contributed by atoms with van der Waals surface area (Å²) >= 11 is 0. The average Bonchev–Trinajstić information content (AvgIpc) is 2.37. The van der Waals surface area contributed by atoms with E-state index in [4.69, 9.17) is 5.11 Å². The first-order valence-electron chi connectivity index (χ1n) is 6.90. The van der Waals surface area contributed by atoms with Crippen molar-refractivity contribution in [3.8, 4) is 0 Å². The quantitative estimate of drug-likeness (QED) is 0.742. The molecule has 1 aliphatic rings. The number of H-pyrrole nitrogens is 1. The van der Waals surface area contributed by atoms with E-state index >= 15 is 0 Å². The molecule has 0 aliphatic heterocycles. The van der Waals surface area contributed by atoms with Crippen LogP contribution >= 0.6 is 0 Å². The summed E-state index contributed by atoms with van der Waals surface area (Å²) in [7, 11) is 0. The summed E-state index contributed by atoms with van der Waals surface area (Å²) in [4.78, 5) is 34.9. The van der Waals surface area contributed by atoms with Crippen LogP contribution < -0.4 is 10.9 Å². The van der Waals surface area contributed by atoms with E-state index in [2.05, 4.69) is 15.5 Å². The van der Waals surface area contributed by atoms with E-state index in [0.29, 0.717) is 11.3 Å². The van der Waals surface area contributed by atoms with E-state index in [-0.39, 0.29) is 23.9 Å². The van der Waals surface area contributed by atoms with E-state index in [1.165, 1.54) is 0 Å². The third-order valence-corrected chi connectivity index (χ3v) is 4.26. The minimum absolute atomic E-state index is 0.0397. The number of amides is 1. The molecule has 0 atom stereocenters. The second-order valence-corrected chi connectivity index (χ2v) is 5.74. The summed E-state index contributed by atoms with van der Waals surface area (Å²) in [6.45, 7) is 3.65. The molecule has 0 unspecified atom stereocenters. The van der Waals surface area contributed by atoms with Gasteiger partial charge in [-0.3, -0.25) is 14.4 Å². The fourth-order valence-electron chi connectivity index (χ4n) is 2.67. The maximum atomic E-state index is 12.2. The maximum Gasteiger partial charge on any atom is 0.303 e. The van der Waals surface area contributed by atoms with Crippen LogP contribution in [0.2, 0.25) is 0 Å². The van der Waals surface area contributed by atoms with Gasteiger partial charge in [-0.1, -0.05) is 6.42 Å². The molecule has 0 bridgehead atoms. The van der Waals surface area contributed by atoms with Crippen LogP contribution in [0, 0.1) is 19.3 Å². The van der Waals surface area contributed by atoms with Gasteiger partial charge >= 0.3 is 5.97 Å². The zero-order valence-electron chi connectivity index (χ0n) is 12.2. The number of hydrogen-bond acceptors (Lipinski definition) is 4. The molecule has 7 nitrogen and oxygen atoms in total. The fraction of sp³-hybridized carbons (Fsp3) is 0.571. The standard InChI is InChI=1S/C14H19N3O4/c1-8-9(2)16-17-13(21)11(8)12(20)15-7-14(4-3-5-14)6-10(18)19/h3-7H2,1-2H3,(H,15,20)(H,17,21)(H,18,19). The van der Waals surface area contributed by atoms with Crippen molar-refractivity contribution < 1.29 is 14.7 Å². The number of nitrogens with one attached hydrogen (secondary N) is 2. The number of hydrogen-bond donors (Lipinski definition) is 3. The third kappa shape index (κ3) is 3.12. The third-order valence-electron chi connectivity index (χ3n) is 4.26. The van der Waals surface area contributed by atoms with Crippen LogP contribution in [0.25, 0.3) is 0 Å². The Morgan fingerprint density at radius 1 is 1.38 bits per heavy atom. The lowest BCUT2D eigenvalue weighted by Crippen LogP contribution is -2.44. The van der Waals surface area contributed by atoms with Crippen molar-refractivity contribution in [2.45, 2.75) is 39.5 Å². The van der Waals surface area contributed by atoms with E-state index in [0.717, 1.165) is 19.3 Å². The van der Waals surface area contributed by atoms with Crippen LogP contribution in [0.5, 0.6) is 0 Å². The summed E-state index contributed by atoms with van der Waals surface area (Å²) in [5.41, 5.74) is 0.272. The summed E-state index contributed by atoms with van der Waals surface area (Å²) in [6, 6.07) is 0. The minimum Gasteiger partial charge on any atom is -0.481 e. The number of aromatic amines is 1. The van der Waals surface area contributed by atoms with Crippen molar-refractivity contribution >= 4 is 11.9 Å². The zero-order valence-corrected chi connectivity index (χ0v) is 12.2. The van der Waals surface area contributed by atoms with E-state index in [1.54, 1.807) is 13.8 Å². The lowest BCUT2D eigenvalue weighted by atomic mass is 9.66. The molecule has 1 aliphatic carbocycles. The molecule has 0 radical (unpaired) electrons. The van der Waals surface area contributed by atoms with Crippen LogP contribution in [-0.2, 0) is 4.79 Å². The monoisotopic (exact) mass is 293 g/mol. The molecule has 1 aromatic heterocycles. The molecule has 21 heavy (non-hydrogen) atoms. The second kappa shape index (κ2) is 5.67. The number of rotatable bonds is 5. The molecule has 1 fully saturated rings. The molecule has 1 amide bonds.